The van der Waals surface area contributed by atoms with E-state index in [-0.39, 0.29) is 0 Å². The van der Waals surface area contributed by atoms with Crippen LogP contribution < -0.4 is 0 Å². The minimum Gasteiger partial charge on any atom is -0.321 e. The van der Waals surface area contributed by atoms with Crippen LogP contribution in [-0.4, -0.2) is 18.8 Å². The van der Waals surface area contributed by atoms with Crippen molar-refractivity contribution < 1.29 is 17.9 Å². The standard InChI is InChI=1S/C3H4ClF3O/c1-8-3(6,7)2(4)5/h2H,1H3/t2-/m1/s1. The monoisotopic (exact) mass is 148 g/mol. The highest BCUT2D eigenvalue weighted by molar-refractivity contribution is 6.20. The average molecular weight is 149 g/mol. The zero-order chi connectivity index (χ0) is 6.78. The van der Waals surface area contributed by atoms with Crippen molar-refractivity contribution in [3.63, 3.8) is 0 Å². The molecule has 0 aromatic rings. The van der Waals surface area contributed by atoms with E-state index in [4.69, 9.17) is 0 Å². The third-order valence-electron chi connectivity index (χ3n) is 0.526. The number of ether oxygens (including phenoxy) is 1. The predicted octanol–water partition coefficient (Wildman–Crippen LogP) is 1.76. The second-order valence-corrected chi connectivity index (χ2v) is 1.45. The van der Waals surface area contributed by atoms with Crippen LogP contribution in [0.2, 0.25) is 0 Å². The van der Waals surface area contributed by atoms with Crippen molar-refractivity contribution in [1.82, 2.24) is 0 Å². The Morgan fingerprint density at radius 1 is 1.62 bits per heavy atom. The van der Waals surface area contributed by atoms with Gasteiger partial charge in [-0.05, 0) is 0 Å². The summed E-state index contributed by atoms with van der Waals surface area (Å²) in [6.07, 6.45) is -3.86. The first-order valence-corrected chi connectivity index (χ1v) is 2.15. The summed E-state index contributed by atoms with van der Waals surface area (Å²) in [4.78, 5) is 0. The van der Waals surface area contributed by atoms with Crippen LogP contribution in [0.4, 0.5) is 13.2 Å². The Bertz CT molecular complexity index is 74.9. The number of rotatable bonds is 2. The van der Waals surface area contributed by atoms with Crippen molar-refractivity contribution in [3.8, 4) is 0 Å². The molecule has 0 rings (SSSR count). The highest BCUT2D eigenvalue weighted by Crippen LogP contribution is 2.24. The molecule has 1 atom stereocenters. The highest BCUT2D eigenvalue weighted by atomic mass is 35.5. The summed E-state index contributed by atoms with van der Waals surface area (Å²) in [6, 6.07) is 0. The summed E-state index contributed by atoms with van der Waals surface area (Å²) >= 11 is 4.33. The summed E-state index contributed by atoms with van der Waals surface area (Å²) in [5, 5.41) is 0. The molecule has 0 spiro atoms. The largest absolute Gasteiger partial charge is 0.400 e. The lowest BCUT2D eigenvalue weighted by atomic mass is 10.7. The Morgan fingerprint density at radius 2 is 2.00 bits per heavy atom. The number of hydrogen-bond acceptors (Lipinski definition) is 1. The van der Waals surface area contributed by atoms with Gasteiger partial charge in [0, 0.05) is 7.11 Å². The van der Waals surface area contributed by atoms with Gasteiger partial charge in [-0.2, -0.15) is 8.78 Å². The van der Waals surface area contributed by atoms with Crippen LogP contribution in [0.3, 0.4) is 0 Å². The molecule has 0 N–H and O–H groups in total. The maximum absolute atomic E-state index is 11.5. The third kappa shape index (κ3) is 1.88. The summed E-state index contributed by atoms with van der Waals surface area (Å²) in [5.41, 5.74) is -2.77. The van der Waals surface area contributed by atoms with Crippen molar-refractivity contribution in [3.05, 3.63) is 0 Å². The van der Waals surface area contributed by atoms with E-state index < -0.39 is 11.7 Å². The molecule has 0 fully saturated rings. The maximum atomic E-state index is 11.5. The molecule has 0 aliphatic rings. The van der Waals surface area contributed by atoms with Gasteiger partial charge in [-0.3, -0.25) is 0 Å². The van der Waals surface area contributed by atoms with Gasteiger partial charge >= 0.3 is 6.11 Å². The van der Waals surface area contributed by atoms with Gasteiger partial charge in [0.05, 0.1) is 0 Å². The molecule has 0 amide bonds. The van der Waals surface area contributed by atoms with Gasteiger partial charge in [-0.25, -0.2) is 4.39 Å². The number of hydrogen-bond donors (Lipinski definition) is 0. The average Bonchev–Trinajstić information content (AvgIpc) is 1.67. The summed E-state index contributed by atoms with van der Waals surface area (Å²) in [6.45, 7) is 0. The summed E-state index contributed by atoms with van der Waals surface area (Å²) in [5.74, 6) is 0. The summed E-state index contributed by atoms with van der Waals surface area (Å²) in [7, 11) is 0.676. The molecule has 0 heterocycles. The van der Waals surface area contributed by atoms with E-state index in [1.165, 1.54) is 0 Å². The molecule has 0 bridgehead atoms. The van der Waals surface area contributed by atoms with Crippen LogP contribution in [0, 0.1) is 0 Å². The van der Waals surface area contributed by atoms with E-state index in [0.717, 1.165) is 0 Å². The van der Waals surface area contributed by atoms with E-state index in [0.29, 0.717) is 7.11 Å². The topological polar surface area (TPSA) is 9.23 Å². The molecular weight excluding hydrogens is 144 g/mol. The van der Waals surface area contributed by atoms with Crippen molar-refractivity contribution in [2.75, 3.05) is 7.11 Å². The van der Waals surface area contributed by atoms with Crippen LogP contribution in [0.25, 0.3) is 0 Å². The second-order valence-electron chi connectivity index (χ2n) is 1.07. The lowest BCUT2D eigenvalue weighted by Gasteiger charge is -2.11. The first kappa shape index (κ1) is 8.04. The van der Waals surface area contributed by atoms with Gasteiger partial charge < -0.3 is 4.74 Å². The molecule has 5 heteroatoms. The minimum absolute atomic E-state index is 0.676. The van der Waals surface area contributed by atoms with Crippen molar-refractivity contribution in [2.45, 2.75) is 11.7 Å². The van der Waals surface area contributed by atoms with Gasteiger partial charge in [0.15, 0.2) is 0 Å². The van der Waals surface area contributed by atoms with Crippen LogP contribution in [0.5, 0.6) is 0 Å². The lowest BCUT2D eigenvalue weighted by Crippen LogP contribution is -2.27. The molecule has 1 nitrogen and oxygen atoms in total. The van der Waals surface area contributed by atoms with Crippen LogP contribution in [0.1, 0.15) is 0 Å². The molecular formula is C3H4ClF3O. The van der Waals surface area contributed by atoms with E-state index >= 15 is 0 Å². The maximum Gasteiger partial charge on any atom is 0.400 e. The fraction of sp³-hybridized carbons (Fsp3) is 1.00. The molecule has 8 heavy (non-hydrogen) atoms. The Balaban J connectivity index is 3.71. The lowest BCUT2D eigenvalue weighted by molar-refractivity contribution is -0.240. The van der Waals surface area contributed by atoms with E-state index in [1.807, 2.05) is 0 Å². The predicted molar refractivity (Wildman–Crippen MR) is 22.7 cm³/mol. The minimum atomic E-state index is -3.86. The number of alkyl halides is 4. The Kier molecular flexibility index (Phi) is 2.56. The molecule has 0 aliphatic heterocycles. The smallest absolute Gasteiger partial charge is 0.321 e. The quantitative estimate of drug-likeness (QED) is 0.543. The fourth-order valence-corrected chi connectivity index (χ4v) is 0.178. The zero-order valence-corrected chi connectivity index (χ0v) is 4.75. The second kappa shape index (κ2) is 2.55. The normalized spacial score (nSPS) is 16.1. The van der Waals surface area contributed by atoms with Crippen LogP contribution in [0.15, 0.2) is 0 Å². The van der Waals surface area contributed by atoms with Crippen LogP contribution >= 0.6 is 11.6 Å². The SMILES string of the molecule is COC(F)(F)[C@@H](F)Cl. The van der Waals surface area contributed by atoms with E-state index in [9.17, 15) is 13.2 Å². The Labute approximate surface area is 49.4 Å². The van der Waals surface area contributed by atoms with Crippen molar-refractivity contribution in [1.29, 1.82) is 0 Å². The Hall–Kier alpha value is 0.0400. The van der Waals surface area contributed by atoms with E-state index in [2.05, 4.69) is 16.3 Å². The molecule has 0 aromatic heterocycles. The Morgan fingerprint density at radius 3 is 2.00 bits per heavy atom. The molecule has 0 aromatic carbocycles. The zero-order valence-electron chi connectivity index (χ0n) is 4.00. The fourth-order valence-electron chi connectivity index (χ4n) is 0.0891. The van der Waals surface area contributed by atoms with E-state index in [1.54, 1.807) is 0 Å². The van der Waals surface area contributed by atoms with Gasteiger partial charge in [-0.15, -0.1) is 0 Å². The molecule has 50 valence electrons. The molecule has 0 saturated heterocycles. The summed E-state index contributed by atoms with van der Waals surface area (Å²) < 4.78 is 37.8. The molecule has 0 radical (unpaired) electrons. The third-order valence-corrected chi connectivity index (χ3v) is 0.780. The molecule has 0 saturated carbocycles. The molecule has 0 unspecified atom stereocenters. The van der Waals surface area contributed by atoms with Crippen molar-refractivity contribution in [2.24, 2.45) is 0 Å². The van der Waals surface area contributed by atoms with Gasteiger partial charge in [-0.1, -0.05) is 11.6 Å². The van der Waals surface area contributed by atoms with Gasteiger partial charge in [0.25, 0.3) is 5.63 Å². The molecule has 0 aliphatic carbocycles. The van der Waals surface area contributed by atoms with Gasteiger partial charge in [0.2, 0.25) is 0 Å². The number of halogens is 4. The van der Waals surface area contributed by atoms with Crippen LogP contribution in [-0.2, 0) is 4.74 Å². The highest BCUT2D eigenvalue weighted by Gasteiger charge is 2.38. The number of methoxy groups -OCH3 is 1. The first-order chi connectivity index (χ1) is 3.50. The first-order valence-electron chi connectivity index (χ1n) is 1.72. The van der Waals surface area contributed by atoms with Crippen molar-refractivity contribution >= 4 is 11.6 Å². The van der Waals surface area contributed by atoms with Gasteiger partial charge in [0.1, 0.15) is 0 Å².